The van der Waals surface area contributed by atoms with E-state index in [4.69, 9.17) is 0 Å². The molecule has 19 heavy (non-hydrogen) atoms. The van der Waals surface area contributed by atoms with Crippen molar-refractivity contribution in [3.8, 4) is 0 Å². The first-order valence-electron chi connectivity index (χ1n) is 6.04. The van der Waals surface area contributed by atoms with Gasteiger partial charge in [-0.1, -0.05) is 19.1 Å². The summed E-state index contributed by atoms with van der Waals surface area (Å²) in [5.74, 6) is -0.427. The standard InChI is InChI=1S/C13H19NO4S/c1-4-11-5-7-12(8-6-11)19(16,17)14(2)10-9-13(15)18-3/h5-8H,4,9-10H2,1-3H3. The fourth-order valence-corrected chi connectivity index (χ4v) is 2.72. The van der Waals surface area contributed by atoms with Gasteiger partial charge in [-0.15, -0.1) is 0 Å². The number of nitrogens with zero attached hydrogens (tertiary/aromatic N) is 1. The second kappa shape index (κ2) is 6.68. The Kier molecular flexibility index (Phi) is 5.50. The lowest BCUT2D eigenvalue weighted by atomic mass is 10.2. The van der Waals surface area contributed by atoms with E-state index in [2.05, 4.69) is 4.74 Å². The van der Waals surface area contributed by atoms with Gasteiger partial charge in [-0.3, -0.25) is 4.79 Å². The predicted octanol–water partition coefficient (Wildman–Crippen LogP) is 1.43. The van der Waals surface area contributed by atoms with Crippen molar-refractivity contribution in [2.75, 3.05) is 20.7 Å². The number of sulfonamides is 1. The molecule has 0 aliphatic carbocycles. The van der Waals surface area contributed by atoms with E-state index in [0.29, 0.717) is 0 Å². The highest BCUT2D eigenvalue weighted by Gasteiger charge is 2.21. The van der Waals surface area contributed by atoms with Gasteiger partial charge in [-0.05, 0) is 24.1 Å². The molecule has 5 nitrogen and oxygen atoms in total. The highest BCUT2D eigenvalue weighted by Crippen LogP contribution is 2.15. The van der Waals surface area contributed by atoms with Crippen LogP contribution in [0.3, 0.4) is 0 Å². The van der Waals surface area contributed by atoms with Crippen LogP contribution in [0.5, 0.6) is 0 Å². The van der Waals surface area contributed by atoms with Gasteiger partial charge in [-0.25, -0.2) is 12.7 Å². The molecule has 0 amide bonds. The number of ether oxygens (including phenoxy) is 1. The number of carbonyl (C=O) groups is 1. The van der Waals surface area contributed by atoms with E-state index in [1.165, 1.54) is 14.2 Å². The van der Waals surface area contributed by atoms with Crippen LogP contribution in [0.25, 0.3) is 0 Å². The van der Waals surface area contributed by atoms with Crippen molar-refractivity contribution in [1.29, 1.82) is 0 Å². The average Bonchev–Trinajstić information content (AvgIpc) is 2.44. The van der Waals surface area contributed by atoms with E-state index in [1.807, 2.05) is 6.92 Å². The Balaban J connectivity index is 2.81. The average molecular weight is 285 g/mol. The minimum Gasteiger partial charge on any atom is -0.469 e. The zero-order valence-corrected chi connectivity index (χ0v) is 12.2. The number of methoxy groups -OCH3 is 1. The molecule has 0 bridgehead atoms. The van der Waals surface area contributed by atoms with E-state index < -0.39 is 16.0 Å². The van der Waals surface area contributed by atoms with Crippen LogP contribution < -0.4 is 0 Å². The van der Waals surface area contributed by atoms with Crippen LogP contribution in [0.2, 0.25) is 0 Å². The molecule has 0 heterocycles. The van der Waals surface area contributed by atoms with E-state index in [-0.39, 0.29) is 17.9 Å². The summed E-state index contributed by atoms with van der Waals surface area (Å²) in [6.07, 6.45) is 0.901. The Labute approximate surface area is 114 Å². The van der Waals surface area contributed by atoms with Crippen LogP contribution in [-0.4, -0.2) is 39.4 Å². The monoisotopic (exact) mass is 285 g/mol. The number of rotatable bonds is 6. The molecular formula is C13H19NO4S. The number of hydrogen-bond acceptors (Lipinski definition) is 4. The van der Waals surface area contributed by atoms with Gasteiger partial charge >= 0.3 is 5.97 Å². The van der Waals surface area contributed by atoms with E-state index in [1.54, 1.807) is 24.3 Å². The first kappa shape index (κ1) is 15.7. The summed E-state index contributed by atoms with van der Waals surface area (Å²) in [5, 5.41) is 0. The Hall–Kier alpha value is -1.40. The fourth-order valence-electron chi connectivity index (χ4n) is 1.55. The highest BCUT2D eigenvalue weighted by molar-refractivity contribution is 7.89. The minimum atomic E-state index is -3.54. The maximum atomic E-state index is 12.2. The summed E-state index contributed by atoms with van der Waals surface area (Å²) in [5.41, 5.74) is 1.08. The van der Waals surface area contributed by atoms with Gasteiger partial charge in [0, 0.05) is 13.6 Å². The summed E-state index contributed by atoms with van der Waals surface area (Å²) < 4.78 is 30.1. The van der Waals surface area contributed by atoms with Crippen molar-refractivity contribution in [2.24, 2.45) is 0 Å². The normalized spacial score (nSPS) is 11.6. The zero-order valence-electron chi connectivity index (χ0n) is 11.4. The van der Waals surface area contributed by atoms with Crippen molar-refractivity contribution in [3.63, 3.8) is 0 Å². The van der Waals surface area contributed by atoms with Crippen molar-refractivity contribution >= 4 is 16.0 Å². The molecule has 0 unspecified atom stereocenters. The van der Waals surface area contributed by atoms with Crippen LogP contribution >= 0.6 is 0 Å². The third-order valence-corrected chi connectivity index (χ3v) is 4.77. The number of carbonyl (C=O) groups excluding carboxylic acids is 1. The minimum absolute atomic E-state index is 0.0409. The molecule has 0 spiro atoms. The molecule has 0 saturated heterocycles. The smallest absolute Gasteiger partial charge is 0.306 e. The third-order valence-electron chi connectivity index (χ3n) is 2.90. The molecule has 0 N–H and O–H groups in total. The van der Waals surface area contributed by atoms with E-state index in [0.717, 1.165) is 16.3 Å². The van der Waals surface area contributed by atoms with Crippen molar-refractivity contribution in [1.82, 2.24) is 4.31 Å². The maximum absolute atomic E-state index is 12.2. The summed E-state index contributed by atoms with van der Waals surface area (Å²) >= 11 is 0. The Morgan fingerprint density at radius 2 is 1.84 bits per heavy atom. The topological polar surface area (TPSA) is 63.7 Å². The fraction of sp³-hybridized carbons (Fsp3) is 0.462. The Morgan fingerprint density at radius 1 is 1.26 bits per heavy atom. The molecule has 0 radical (unpaired) electrons. The van der Waals surface area contributed by atoms with Crippen molar-refractivity contribution in [2.45, 2.75) is 24.7 Å². The quantitative estimate of drug-likeness (QED) is 0.742. The number of hydrogen-bond donors (Lipinski definition) is 0. The van der Waals surface area contributed by atoms with Crippen LogP contribution in [0, 0.1) is 0 Å². The molecule has 0 atom stereocenters. The van der Waals surface area contributed by atoms with Crippen molar-refractivity contribution < 1.29 is 17.9 Å². The van der Waals surface area contributed by atoms with Crippen LogP contribution in [0.1, 0.15) is 18.9 Å². The Morgan fingerprint density at radius 3 is 2.32 bits per heavy atom. The van der Waals surface area contributed by atoms with Gasteiger partial charge in [0.2, 0.25) is 10.0 Å². The summed E-state index contributed by atoms with van der Waals surface area (Å²) in [6.45, 7) is 2.11. The molecule has 0 aliphatic rings. The molecule has 1 aromatic carbocycles. The van der Waals surface area contributed by atoms with Crippen LogP contribution in [-0.2, 0) is 26.0 Å². The third kappa shape index (κ3) is 4.04. The highest BCUT2D eigenvalue weighted by atomic mass is 32.2. The SMILES string of the molecule is CCc1ccc(S(=O)(=O)N(C)CCC(=O)OC)cc1. The van der Waals surface area contributed by atoms with Gasteiger partial charge in [-0.2, -0.15) is 0 Å². The molecular weight excluding hydrogens is 266 g/mol. The van der Waals surface area contributed by atoms with Gasteiger partial charge in [0.25, 0.3) is 0 Å². The first-order chi connectivity index (χ1) is 8.91. The molecule has 1 aromatic rings. The lowest BCUT2D eigenvalue weighted by molar-refractivity contribution is -0.140. The molecule has 0 saturated carbocycles. The second-order valence-electron chi connectivity index (χ2n) is 4.15. The van der Waals surface area contributed by atoms with Crippen LogP contribution in [0.4, 0.5) is 0 Å². The molecule has 0 aliphatic heterocycles. The summed E-state index contributed by atoms with van der Waals surface area (Å²) in [6, 6.07) is 6.76. The zero-order chi connectivity index (χ0) is 14.5. The van der Waals surface area contributed by atoms with Gasteiger partial charge in [0.1, 0.15) is 0 Å². The molecule has 0 aromatic heterocycles. The number of esters is 1. The molecule has 6 heteroatoms. The van der Waals surface area contributed by atoms with E-state index in [9.17, 15) is 13.2 Å². The summed E-state index contributed by atoms with van der Waals surface area (Å²) in [7, 11) is -0.814. The van der Waals surface area contributed by atoms with Gasteiger partial charge in [0.05, 0.1) is 18.4 Å². The molecule has 106 valence electrons. The first-order valence-corrected chi connectivity index (χ1v) is 7.48. The molecule has 1 rings (SSSR count). The Bertz CT molecular complexity index is 522. The van der Waals surface area contributed by atoms with Gasteiger partial charge < -0.3 is 4.74 Å². The van der Waals surface area contributed by atoms with Gasteiger partial charge in [0.15, 0.2) is 0 Å². The largest absolute Gasteiger partial charge is 0.469 e. The lowest BCUT2D eigenvalue weighted by Gasteiger charge is -2.16. The van der Waals surface area contributed by atoms with E-state index >= 15 is 0 Å². The number of aryl methyl sites for hydroxylation is 1. The van der Waals surface area contributed by atoms with Crippen LogP contribution in [0.15, 0.2) is 29.2 Å². The number of benzene rings is 1. The predicted molar refractivity (Wildman–Crippen MR) is 72.3 cm³/mol. The summed E-state index contributed by atoms with van der Waals surface area (Å²) in [4.78, 5) is 11.3. The van der Waals surface area contributed by atoms with Crippen molar-refractivity contribution in [3.05, 3.63) is 29.8 Å². The maximum Gasteiger partial charge on any atom is 0.306 e. The lowest BCUT2D eigenvalue weighted by Crippen LogP contribution is -2.29. The molecule has 0 fully saturated rings. The second-order valence-corrected chi connectivity index (χ2v) is 6.20.